The molecular weight excluding hydrogens is 211 g/mol. The summed E-state index contributed by atoms with van der Waals surface area (Å²) in [5.74, 6) is 0.934. The van der Waals surface area contributed by atoms with Crippen molar-refractivity contribution in [3.8, 4) is 0 Å². The van der Waals surface area contributed by atoms with Crippen LogP contribution < -0.4 is 4.90 Å². The first-order chi connectivity index (χ1) is 7.83. The summed E-state index contributed by atoms with van der Waals surface area (Å²) in [4.78, 5) is 9.42. The van der Waals surface area contributed by atoms with Crippen LogP contribution in [-0.4, -0.2) is 31.3 Å². The zero-order valence-corrected chi connectivity index (χ0v) is 8.41. The molecule has 0 saturated heterocycles. The number of hydrogen-bond donors (Lipinski definition) is 0. The van der Waals surface area contributed by atoms with Crippen molar-refractivity contribution in [2.45, 2.75) is 13.1 Å². The van der Waals surface area contributed by atoms with Gasteiger partial charge in [0.25, 0.3) is 0 Å². The highest BCUT2D eigenvalue weighted by atomic mass is 19.1. The third-order valence-corrected chi connectivity index (χ3v) is 2.58. The molecule has 16 heavy (non-hydrogen) atoms. The molecule has 82 valence electrons. The maximum atomic E-state index is 12.9. The Hall–Kier alpha value is -2.05. The number of nitrogens with zero attached hydrogens (tertiary/aromatic N) is 6. The van der Waals surface area contributed by atoms with Gasteiger partial charge in [0.2, 0.25) is 5.95 Å². The second kappa shape index (κ2) is 3.51. The van der Waals surface area contributed by atoms with Crippen LogP contribution in [0.15, 0.2) is 18.7 Å². The third-order valence-electron chi connectivity index (χ3n) is 2.58. The van der Waals surface area contributed by atoms with Crippen LogP contribution in [0.2, 0.25) is 0 Å². The van der Waals surface area contributed by atoms with Crippen molar-refractivity contribution < 1.29 is 4.39 Å². The zero-order chi connectivity index (χ0) is 11.0. The van der Waals surface area contributed by atoms with Crippen molar-refractivity contribution in [1.82, 2.24) is 24.7 Å². The van der Waals surface area contributed by atoms with Crippen LogP contribution in [0.5, 0.6) is 0 Å². The lowest BCUT2D eigenvalue weighted by Crippen LogP contribution is -2.34. The molecule has 3 heterocycles. The third kappa shape index (κ3) is 1.50. The lowest BCUT2D eigenvalue weighted by atomic mass is 10.3. The number of hydrogen-bond acceptors (Lipinski definition) is 5. The molecule has 0 aliphatic carbocycles. The molecule has 7 heteroatoms. The maximum absolute atomic E-state index is 12.9. The van der Waals surface area contributed by atoms with E-state index in [1.54, 1.807) is 6.33 Å². The molecule has 0 aromatic carbocycles. The zero-order valence-electron chi connectivity index (χ0n) is 8.41. The van der Waals surface area contributed by atoms with Gasteiger partial charge in [0.1, 0.15) is 18.5 Å². The van der Waals surface area contributed by atoms with Crippen molar-refractivity contribution in [2.24, 2.45) is 0 Å². The molecule has 6 nitrogen and oxygen atoms in total. The van der Waals surface area contributed by atoms with Gasteiger partial charge >= 0.3 is 0 Å². The van der Waals surface area contributed by atoms with Gasteiger partial charge in [-0.3, -0.25) is 0 Å². The van der Waals surface area contributed by atoms with E-state index in [4.69, 9.17) is 0 Å². The predicted octanol–water partition coefficient (Wildman–Crippen LogP) is 0.227. The van der Waals surface area contributed by atoms with E-state index in [0.29, 0.717) is 12.4 Å². The van der Waals surface area contributed by atoms with Crippen LogP contribution in [0.3, 0.4) is 0 Å². The van der Waals surface area contributed by atoms with Gasteiger partial charge in [-0.25, -0.2) is 9.97 Å². The van der Waals surface area contributed by atoms with Gasteiger partial charge in [0, 0.05) is 19.2 Å². The summed E-state index contributed by atoms with van der Waals surface area (Å²) < 4.78 is 14.9. The summed E-state index contributed by atoms with van der Waals surface area (Å²) in [6, 6.07) is 1.33. The first-order valence-electron chi connectivity index (χ1n) is 4.92. The molecule has 1 aliphatic rings. The van der Waals surface area contributed by atoms with Crippen molar-refractivity contribution in [1.29, 1.82) is 0 Å². The number of anilines is 1. The van der Waals surface area contributed by atoms with E-state index in [-0.39, 0.29) is 0 Å². The van der Waals surface area contributed by atoms with Crippen LogP contribution in [-0.2, 0) is 13.1 Å². The van der Waals surface area contributed by atoms with Crippen molar-refractivity contribution in [3.05, 3.63) is 30.5 Å². The monoisotopic (exact) mass is 220 g/mol. The van der Waals surface area contributed by atoms with Crippen LogP contribution >= 0.6 is 0 Å². The smallest absolute Gasteiger partial charge is 0.218 e. The Labute approximate surface area is 90.8 Å². The molecule has 0 amide bonds. The minimum absolute atomic E-state index is 0.517. The molecule has 0 unspecified atom stereocenters. The average molecular weight is 220 g/mol. The molecule has 2 aromatic heterocycles. The first kappa shape index (κ1) is 9.20. The summed E-state index contributed by atoms with van der Waals surface area (Å²) in [5, 5.41) is 7.82. The quantitative estimate of drug-likeness (QED) is 0.644. The Morgan fingerprint density at radius 3 is 3.06 bits per heavy atom. The Balaban J connectivity index is 1.88. The molecule has 1 aliphatic heterocycles. The van der Waals surface area contributed by atoms with Crippen LogP contribution in [0.4, 0.5) is 10.2 Å². The molecule has 3 rings (SSSR count). The molecule has 0 N–H and O–H groups in total. The largest absolute Gasteiger partial charge is 0.347 e. The Kier molecular flexibility index (Phi) is 2.02. The van der Waals surface area contributed by atoms with Gasteiger partial charge in [-0.2, -0.15) is 4.39 Å². The second-order valence-corrected chi connectivity index (χ2v) is 3.56. The number of aromatic nitrogens is 5. The van der Waals surface area contributed by atoms with Gasteiger partial charge in [0.15, 0.2) is 5.82 Å². The van der Waals surface area contributed by atoms with E-state index in [1.807, 2.05) is 9.47 Å². The SMILES string of the molecule is Fc1cc(N2CCn3cnnc3C2)ncn1. The molecular formula is C9H9FN6. The van der Waals surface area contributed by atoms with Gasteiger partial charge in [-0.1, -0.05) is 0 Å². The highest BCUT2D eigenvalue weighted by Crippen LogP contribution is 2.16. The summed E-state index contributed by atoms with van der Waals surface area (Å²) in [6.45, 7) is 2.14. The minimum atomic E-state index is -0.517. The molecule has 0 bridgehead atoms. The fraction of sp³-hybridized carbons (Fsp3) is 0.333. The predicted molar refractivity (Wildman–Crippen MR) is 53.1 cm³/mol. The Morgan fingerprint density at radius 2 is 2.19 bits per heavy atom. The van der Waals surface area contributed by atoms with Gasteiger partial charge in [-0.15, -0.1) is 10.2 Å². The van der Waals surface area contributed by atoms with Crippen LogP contribution in [0, 0.1) is 5.95 Å². The van der Waals surface area contributed by atoms with E-state index < -0.39 is 5.95 Å². The highest BCUT2D eigenvalue weighted by molar-refractivity contribution is 5.37. The van der Waals surface area contributed by atoms with E-state index in [2.05, 4.69) is 20.2 Å². The standard InChI is InChI=1S/C9H9FN6/c10-7-3-8(12-5-11-7)15-1-2-16-6-13-14-9(16)4-15/h3,5-6H,1-2,4H2. The van der Waals surface area contributed by atoms with Gasteiger partial charge < -0.3 is 9.47 Å². The molecule has 0 spiro atoms. The maximum Gasteiger partial charge on any atom is 0.218 e. The summed E-state index contributed by atoms with van der Waals surface area (Å²) in [6.07, 6.45) is 2.93. The van der Waals surface area contributed by atoms with Crippen LogP contribution in [0.1, 0.15) is 5.82 Å². The fourth-order valence-corrected chi connectivity index (χ4v) is 1.76. The van der Waals surface area contributed by atoms with Crippen LogP contribution in [0.25, 0.3) is 0 Å². The first-order valence-corrected chi connectivity index (χ1v) is 4.92. The van der Waals surface area contributed by atoms with Crippen molar-refractivity contribution >= 4 is 5.82 Å². The Morgan fingerprint density at radius 1 is 1.25 bits per heavy atom. The summed E-state index contributed by atoms with van der Waals surface area (Å²) in [7, 11) is 0. The second-order valence-electron chi connectivity index (χ2n) is 3.56. The number of halogens is 1. The van der Waals surface area contributed by atoms with E-state index >= 15 is 0 Å². The van der Waals surface area contributed by atoms with E-state index in [0.717, 1.165) is 18.9 Å². The van der Waals surface area contributed by atoms with E-state index in [1.165, 1.54) is 12.4 Å². The Bertz CT molecular complexity index is 510. The van der Waals surface area contributed by atoms with Gasteiger partial charge in [-0.05, 0) is 0 Å². The lowest BCUT2D eigenvalue weighted by molar-refractivity contribution is 0.546. The molecule has 0 saturated carbocycles. The topological polar surface area (TPSA) is 59.7 Å². The number of rotatable bonds is 1. The molecule has 0 atom stereocenters. The lowest BCUT2D eigenvalue weighted by Gasteiger charge is -2.27. The fourth-order valence-electron chi connectivity index (χ4n) is 1.76. The van der Waals surface area contributed by atoms with E-state index in [9.17, 15) is 4.39 Å². The summed E-state index contributed by atoms with van der Waals surface area (Å²) >= 11 is 0. The molecule has 2 aromatic rings. The number of fused-ring (bicyclic) bond motifs is 1. The highest BCUT2D eigenvalue weighted by Gasteiger charge is 2.18. The normalized spacial score (nSPS) is 14.9. The van der Waals surface area contributed by atoms with Crippen molar-refractivity contribution in [2.75, 3.05) is 11.4 Å². The average Bonchev–Trinajstić information content (AvgIpc) is 2.75. The molecule has 0 fully saturated rings. The van der Waals surface area contributed by atoms with Gasteiger partial charge in [0.05, 0.1) is 6.54 Å². The summed E-state index contributed by atoms with van der Waals surface area (Å²) in [5.41, 5.74) is 0. The van der Waals surface area contributed by atoms with Crippen molar-refractivity contribution in [3.63, 3.8) is 0 Å². The molecule has 0 radical (unpaired) electrons. The minimum Gasteiger partial charge on any atom is -0.347 e.